The van der Waals surface area contributed by atoms with Crippen LogP contribution < -0.4 is 9.62 Å². The number of nitrogens with zero attached hydrogens (tertiary/aromatic N) is 1. The molecule has 37 heavy (non-hydrogen) atoms. The number of carbonyl (C=O) groups is 2. The highest BCUT2D eigenvalue weighted by Crippen LogP contribution is 2.30. The monoisotopic (exact) mass is 512 g/mol. The molecule has 1 heterocycles. The van der Waals surface area contributed by atoms with Gasteiger partial charge in [0, 0.05) is 33.7 Å². The van der Waals surface area contributed by atoms with Gasteiger partial charge in [0.15, 0.2) is 5.78 Å². The second-order valence-corrected chi connectivity index (χ2v) is 10.7. The molecule has 0 saturated carbocycles. The fraction of sp³-hybridized carbons (Fsp3) is 0.103. The fourth-order valence-corrected chi connectivity index (χ4v) is 5.09. The van der Waals surface area contributed by atoms with Crippen molar-refractivity contribution in [2.24, 2.45) is 0 Å². The number of amides is 1. The number of Topliss-reactive ketones (excluding diaryl/α,β-unsaturated/α-hetero) is 1. The summed E-state index contributed by atoms with van der Waals surface area (Å²) in [6.07, 6.45) is 1.12. The van der Waals surface area contributed by atoms with E-state index in [1.165, 1.54) is 11.2 Å². The molecule has 0 saturated heterocycles. The Labute approximate surface area is 214 Å². The Morgan fingerprint density at radius 1 is 0.811 bits per heavy atom. The molecule has 0 aliphatic carbocycles. The van der Waals surface area contributed by atoms with E-state index in [1.807, 2.05) is 36.4 Å². The summed E-state index contributed by atoms with van der Waals surface area (Å²) in [6, 6.07) is 26.5. The molecule has 1 amide bonds. The predicted molar refractivity (Wildman–Crippen MR) is 146 cm³/mol. The molecule has 0 radical (unpaired) electrons. The Morgan fingerprint density at radius 3 is 2.27 bits per heavy atom. The van der Waals surface area contributed by atoms with Crippen LogP contribution in [0, 0.1) is 0 Å². The van der Waals surface area contributed by atoms with Gasteiger partial charge in [0.25, 0.3) is 5.91 Å². The molecule has 4 aromatic carbocycles. The molecule has 7 nitrogen and oxygen atoms in total. The molecule has 0 bridgehead atoms. The number of sulfonamides is 1. The van der Waals surface area contributed by atoms with Gasteiger partial charge in [-0.25, -0.2) is 8.42 Å². The Kier molecular flexibility index (Phi) is 6.27. The van der Waals surface area contributed by atoms with Crippen LogP contribution in [-0.4, -0.2) is 26.4 Å². The van der Waals surface area contributed by atoms with Gasteiger partial charge < -0.3 is 9.73 Å². The topological polar surface area (TPSA) is 96.7 Å². The van der Waals surface area contributed by atoms with Crippen LogP contribution in [0.15, 0.2) is 95.4 Å². The highest BCUT2D eigenvalue weighted by atomic mass is 32.2. The van der Waals surface area contributed by atoms with E-state index in [0.717, 1.165) is 22.6 Å². The van der Waals surface area contributed by atoms with Crippen LogP contribution in [0.3, 0.4) is 0 Å². The molecule has 0 aliphatic rings. The first-order chi connectivity index (χ1) is 17.7. The third-order valence-electron chi connectivity index (χ3n) is 6.12. The zero-order valence-corrected chi connectivity index (χ0v) is 21.1. The molecule has 0 atom stereocenters. The summed E-state index contributed by atoms with van der Waals surface area (Å²) in [5.74, 6) is -0.443. The van der Waals surface area contributed by atoms with Crippen molar-refractivity contribution in [3.8, 4) is 0 Å². The highest BCUT2D eigenvalue weighted by molar-refractivity contribution is 7.92. The van der Waals surface area contributed by atoms with Gasteiger partial charge in [0.1, 0.15) is 11.2 Å². The molecule has 1 aromatic heterocycles. The summed E-state index contributed by atoms with van der Waals surface area (Å²) in [7, 11) is -3.62. The van der Waals surface area contributed by atoms with Gasteiger partial charge in [-0.05, 0) is 55.0 Å². The van der Waals surface area contributed by atoms with Gasteiger partial charge in [-0.15, -0.1) is 0 Å². The van der Waals surface area contributed by atoms with Crippen molar-refractivity contribution in [2.45, 2.75) is 13.5 Å². The molecular formula is C29H24N2O5S. The Morgan fingerprint density at radius 2 is 1.54 bits per heavy atom. The molecule has 8 heteroatoms. The van der Waals surface area contributed by atoms with Crippen LogP contribution in [-0.2, 0) is 16.6 Å². The summed E-state index contributed by atoms with van der Waals surface area (Å²) >= 11 is 0. The smallest absolute Gasteiger partial charge is 0.255 e. The maximum absolute atomic E-state index is 12.9. The Hall–Kier alpha value is -4.43. The second kappa shape index (κ2) is 9.55. The van der Waals surface area contributed by atoms with Gasteiger partial charge in [0.05, 0.1) is 18.5 Å². The lowest BCUT2D eigenvalue weighted by Gasteiger charge is -2.23. The first-order valence-corrected chi connectivity index (χ1v) is 13.4. The molecular weight excluding hydrogens is 488 g/mol. The Bertz CT molecular complexity index is 1750. The average Bonchev–Trinajstić information content (AvgIpc) is 3.24. The lowest BCUT2D eigenvalue weighted by atomic mass is 10.1. The number of benzene rings is 4. The molecule has 5 aromatic rings. The van der Waals surface area contributed by atoms with Crippen molar-refractivity contribution < 1.29 is 22.4 Å². The second-order valence-electron chi connectivity index (χ2n) is 8.84. The SMILES string of the molecule is CC(=O)c1cccc(N(Cc2ccc(C(=O)Nc3ccc4c(c3)oc3ccccc34)cc2)S(C)(=O)=O)c1. The number of fused-ring (bicyclic) bond motifs is 3. The van der Waals surface area contributed by atoms with Gasteiger partial charge in [-0.1, -0.05) is 42.5 Å². The summed E-state index contributed by atoms with van der Waals surface area (Å²) in [5.41, 5.74) is 4.03. The van der Waals surface area contributed by atoms with E-state index in [9.17, 15) is 18.0 Å². The lowest BCUT2D eigenvalue weighted by Crippen LogP contribution is -2.29. The van der Waals surface area contributed by atoms with E-state index in [2.05, 4.69) is 5.32 Å². The van der Waals surface area contributed by atoms with E-state index in [-0.39, 0.29) is 18.2 Å². The molecule has 0 spiro atoms. The zero-order valence-electron chi connectivity index (χ0n) is 20.3. The molecule has 0 aliphatic heterocycles. The van der Waals surface area contributed by atoms with Gasteiger partial charge >= 0.3 is 0 Å². The van der Waals surface area contributed by atoms with Crippen molar-refractivity contribution in [3.63, 3.8) is 0 Å². The summed E-state index contributed by atoms with van der Waals surface area (Å²) in [6.45, 7) is 1.49. The number of hydrogen-bond donors (Lipinski definition) is 1. The van der Waals surface area contributed by atoms with E-state index < -0.39 is 10.0 Å². The maximum atomic E-state index is 12.9. The molecule has 1 N–H and O–H groups in total. The van der Waals surface area contributed by atoms with Crippen LogP contribution >= 0.6 is 0 Å². The zero-order chi connectivity index (χ0) is 26.2. The van der Waals surface area contributed by atoms with Crippen molar-refractivity contribution >= 4 is 55.0 Å². The molecule has 0 fully saturated rings. The quantitative estimate of drug-likeness (QED) is 0.270. The third kappa shape index (κ3) is 5.10. The van der Waals surface area contributed by atoms with Gasteiger partial charge in [-0.2, -0.15) is 0 Å². The standard InChI is InChI=1S/C29H24N2O5S/c1-19(32)22-6-5-7-24(16-22)31(37(2,34)35)18-20-10-12-21(13-11-20)29(33)30-23-14-15-26-25-8-3-4-9-27(25)36-28(26)17-23/h3-17H,18H2,1-2H3,(H,30,33). The predicted octanol–water partition coefficient (Wildman–Crippen LogP) is 6.01. The maximum Gasteiger partial charge on any atom is 0.255 e. The number of nitrogens with one attached hydrogen (secondary N) is 1. The van der Waals surface area contributed by atoms with Gasteiger partial charge in [0.2, 0.25) is 10.0 Å². The highest BCUT2D eigenvalue weighted by Gasteiger charge is 2.19. The van der Waals surface area contributed by atoms with Crippen LogP contribution in [0.5, 0.6) is 0 Å². The third-order valence-corrected chi connectivity index (χ3v) is 7.26. The van der Waals surface area contributed by atoms with Crippen LogP contribution in [0.25, 0.3) is 21.9 Å². The molecule has 186 valence electrons. The largest absolute Gasteiger partial charge is 0.456 e. The molecule has 0 unspecified atom stereocenters. The average molecular weight is 513 g/mol. The minimum Gasteiger partial charge on any atom is -0.456 e. The van der Waals surface area contributed by atoms with Crippen LogP contribution in [0.1, 0.15) is 33.2 Å². The van der Waals surface area contributed by atoms with E-state index in [1.54, 1.807) is 54.6 Å². The van der Waals surface area contributed by atoms with Crippen molar-refractivity contribution in [3.05, 3.63) is 108 Å². The van der Waals surface area contributed by atoms with Crippen molar-refractivity contribution in [1.82, 2.24) is 0 Å². The minimum atomic E-state index is -3.62. The van der Waals surface area contributed by atoms with E-state index in [4.69, 9.17) is 4.42 Å². The summed E-state index contributed by atoms with van der Waals surface area (Å²) < 4.78 is 32.2. The number of carbonyl (C=O) groups excluding carboxylic acids is 2. The summed E-state index contributed by atoms with van der Waals surface area (Å²) in [5, 5.41) is 4.87. The number of hydrogen-bond acceptors (Lipinski definition) is 5. The van der Waals surface area contributed by atoms with E-state index >= 15 is 0 Å². The number of rotatable bonds is 7. The van der Waals surface area contributed by atoms with Crippen LogP contribution in [0.4, 0.5) is 11.4 Å². The van der Waals surface area contributed by atoms with Crippen molar-refractivity contribution in [2.75, 3.05) is 15.9 Å². The number of para-hydroxylation sites is 1. The normalized spacial score (nSPS) is 11.5. The number of anilines is 2. The number of furan rings is 1. The Balaban J connectivity index is 1.33. The van der Waals surface area contributed by atoms with Gasteiger partial charge in [-0.3, -0.25) is 13.9 Å². The number of ketones is 1. The lowest BCUT2D eigenvalue weighted by molar-refractivity contribution is 0.101. The first-order valence-electron chi connectivity index (χ1n) is 11.6. The van der Waals surface area contributed by atoms with Crippen molar-refractivity contribution in [1.29, 1.82) is 0 Å². The summed E-state index contributed by atoms with van der Waals surface area (Å²) in [4.78, 5) is 24.6. The van der Waals surface area contributed by atoms with Crippen LogP contribution in [0.2, 0.25) is 0 Å². The molecule has 5 rings (SSSR count). The van der Waals surface area contributed by atoms with E-state index in [0.29, 0.717) is 33.6 Å². The fourth-order valence-electron chi connectivity index (χ4n) is 4.21. The minimum absolute atomic E-state index is 0.0603. The first kappa shape index (κ1) is 24.3.